The highest BCUT2D eigenvalue weighted by atomic mass is 16.3. The van der Waals surface area contributed by atoms with Crippen LogP contribution in [0.2, 0.25) is 0 Å². The molecular formula is C14H16N4O2. The molecule has 1 aromatic carbocycles. The minimum absolute atomic E-state index is 0.239. The van der Waals surface area contributed by atoms with Gasteiger partial charge in [-0.1, -0.05) is 19.9 Å². The van der Waals surface area contributed by atoms with Crippen molar-refractivity contribution < 1.29 is 5.11 Å². The molecule has 3 aromatic rings. The number of aryl methyl sites for hydroxylation is 2. The fourth-order valence-corrected chi connectivity index (χ4v) is 2.68. The molecule has 0 atom stereocenters. The molecule has 0 aliphatic rings. The number of benzene rings is 1. The summed E-state index contributed by atoms with van der Waals surface area (Å²) in [6.45, 7) is 3.95. The molecule has 0 aliphatic carbocycles. The van der Waals surface area contributed by atoms with Crippen molar-refractivity contribution >= 4 is 16.6 Å². The van der Waals surface area contributed by atoms with Crippen molar-refractivity contribution in [2.24, 2.45) is 0 Å². The van der Waals surface area contributed by atoms with Crippen LogP contribution in [0.5, 0.6) is 0 Å². The molecule has 20 heavy (non-hydrogen) atoms. The number of aliphatic hydroxyl groups is 1. The van der Waals surface area contributed by atoms with E-state index in [1.165, 1.54) is 15.6 Å². The largest absolute Gasteiger partial charge is 0.388 e. The average molecular weight is 272 g/mol. The van der Waals surface area contributed by atoms with Crippen molar-refractivity contribution in [1.29, 1.82) is 0 Å². The Morgan fingerprint density at radius 3 is 2.75 bits per heavy atom. The summed E-state index contributed by atoms with van der Waals surface area (Å²) >= 11 is 0. The number of aromatic amines is 1. The molecule has 6 heteroatoms. The highest BCUT2D eigenvalue weighted by molar-refractivity contribution is 5.94. The van der Waals surface area contributed by atoms with Crippen LogP contribution in [-0.2, 0) is 19.4 Å². The van der Waals surface area contributed by atoms with E-state index in [4.69, 9.17) is 0 Å². The topological polar surface area (TPSA) is 83.3 Å². The predicted octanol–water partition coefficient (Wildman–Crippen LogP) is 1.19. The number of aliphatic hydroxyl groups excluding tert-OH is 1. The lowest BCUT2D eigenvalue weighted by atomic mass is 9.98. The third kappa shape index (κ3) is 1.72. The third-order valence-electron chi connectivity index (χ3n) is 3.60. The van der Waals surface area contributed by atoms with E-state index in [0.717, 1.165) is 18.2 Å². The van der Waals surface area contributed by atoms with Crippen LogP contribution in [0.15, 0.2) is 16.9 Å². The van der Waals surface area contributed by atoms with E-state index >= 15 is 0 Å². The maximum atomic E-state index is 12.0. The molecule has 0 radical (unpaired) electrons. The number of fused-ring (bicyclic) bond motifs is 3. The third-order valence-corrected chi connectivity index (χ3v) is 3.60. The molecule has 104 valence electrons. The second kappa shape index (κ2) is 4.72. The number of rotatable bonds is 3. The average Bonchev–Trinajstić information content (AvgIpc) is 2.91. The van der Waals surface area contributed by atoms with Gasteiger partial charge in [0.05, 0.1) is 5.52 Å². The van der Waals surface area contributed by atoms with Crippen LogP contribution < -0.4 is 5.69 Å². The molecule has 0 fully saturated rings. The van der Waals surface area contributed by atoms with Gasteiger partial charge < -0.3 is 10.1 Å². The molecule has 0 spiro atoms. The van der Waals surface area contributed by atoms with E-state index < -0.39 is 5.69 Å². The normalized spacial score (nSPS) is 11.6. The highest BCUT2D eigenvalue weighted by Crippen LogP contribution is 2.24. The van der Waals surface area contributed by atoms with E-state index in [9.17, 15) is 9.90 Å². The lowest BCUT2D eigenvalue weighted by molar-refractivity contribution is 0.271. The Bertz CT molecular complexity index is 848. The molecule has 0 aliphatic heterocycles. The lowest BCUT2D eigenvalue weighted by Crippen LogP contribution is -2.18. The van der Waals surface area contributed by atoms with E-state index in [-0.39, 0.29) is 6.61 Å². The molecule has 2 heterocycles. The van der Waals surface area contributed by atoms with Crippen LogP contribution in [0, 0.1) is 0 Å². The Balaban J connectivity index is 2.55. The van der Waals surface area contributed by atoms with E-state index in [0.29, 0.717) is 17.0 Å². The van der Waals surface area contributed by atoms with E-state index in [1.807, 2.05) is 12.1 Å². The maximum absolute atomic E-state index is 12.0. The van der Waals surface area contributed by atoms with Gasteiger partial charge in [-0.15, -0.1) is 5.10 Å². The second-order valence-electron chi connectivity index (χ2n) is 4.69. The maximum Gasteiger partial charge on any atom is 0.370 e. The molecule has 0 saturated heterocycles. The summed E-state index contributed by atoms with van der Waals surface area (Å²) in [5.74, 6) is 0.361. The minimum atomic E-state index is -0.435. The van der Waals surface area contributed by atoms with Gasteiger partial charge in [0.1, 0.15) is 12.3 Å². The fraction of sp³-hybridized carbons (Fsp3) is 0.357. The SMILES string of the molecule is CCc1ccc2nc(=O)n3nc(CO)[nH]c3c2c1CC. The van der Waals surface area contributed by atoms with Gasteiger partial charge >= 0.3 is 5.69 Å². The number of aromatic nitrogens is 4. The molecule has 6 nitrogen and oxygen atoms in total. The fourth-order valence-electron chi connectivity index (χ4n) is 2.68. The lowest BCUT2D eigenvalue weighted by Gasteiger charge is -2.09. The number of nitrogens with zero attached hydrogens (tertiary/aromatic N) is 3. The smallest absolute Gasteiger partial charge is 0.370 e. The van der Waals surface area contributed by atoms with Gasteiger partial charge in [0.15, 0.2) is 5.82 Å². The van der Waals surface area contributed by atoms with E-state index in [2.05, 4.69) is 28.9 Å². The van der Waals surface area contributed by atoms with Crippen molar-refractivity contribution in [2.45, 2.75) is 33.3 Å². The first-order valence-corrected chi connectivity index (χ1v) is 6.72. The molecule has 0 unspecified atom stereocenters. The molecule has 2 aromatic heterocycles. The summed E-state index contributed by atoms with van der Waals surface area (Å²) in [5.41, 5.74) is 3.24. The van der Waals surface area contributed by atoms with Gasteiger partial charge in [0.2, 0.25) is 0 Å². The number of nitrogens with one attached hydrogen (secondary N) is 1. The van der Waals surface area contributed by atoms with E-state index in [1.54, 1.807) is 0 Å². The summed E-state index contributed by atoms with van der Waals surface area (Å²) in [7, 11) is 0. The van der Waals surface area contributed by atoms with Crippen molar-refractivity contribution in [3.8, 4) is 0 Å². The van der Waals surface area contributed by atoms with Crippen LogP contribution >= 0.6 is 0 Å². The number of H-pyrrole nitrogens is 1. The summed E-state index contributed by atoms with van der Waals surface area (Å²) in [6, 6.07) is 3.89. The molecule has 2 N–H and O–H groups in total. The first kappa shape index (κ1) is 12.8. The van der Waals surface area contributed by atoms with Crippen LogP contribution in [0.25, 0.3) is 16.6 Å². The zero-order valence-electron chi connectivity index (χ0n) is 11.5. The van der Waals surface area contributed by atoms with Gasteiger partial charge in [0, 0.05) is 5.39 Å². The Morgan fingerprint density at radius 2 is 2.10 bits per heavy atom. The minimum Gasteiger partial charge on any atom is -0.388 e. The van der Waals surface area contributed by atoms with Gasteiger partial charge in [-0.05, 0) is 30.0 Å². The monoisotopic (exact) mass is 272 g/mol. The van der Waals surface area contributed by atoms with Crippen molar-refractivity contribution in [2.75, 3.05) is 0 Å². The number of hydrogen-bond acceptors (Lipinski definition) is 4. The van der Waals surface area contributed by atoms with Crippen molar-refractivity contribution in [3.63, 3.8) is 0 Å². The van der Waals surface area contributed by atoms with Crippen LogP contribution in [0.3, 0.4) is 0 Å². The second-order valence-corrected chi connectivity index (χ2v) is 4.69. The summed E-state index contributed by atoms with van der Waals surface area (Å²) in [5, 5.41) is 14.2. The molecule has 0 saturated carbocycles. The Morgan fingerprint density at radius 1 is 1.30 bits per heavy atom. The molecule has 0 amide bonds. The van der Waals surface area contributed by atoms with Crippen molar-refractivity contribution in [3.05, 3.63) is 39.6 Å². The van der Waals surface area contributed by atoms with Crippen LogP contribution in [-0.4, -0.2) is 24.7 Å². The molecular weight excluding hydrogens is 256 g/mol. The zero-order chi connectivity index (χ0) is 14.3. The summed E-state index contributed by atoms with van der Waals surface area (Å²) in [6.07, 6.45) is 1.77. The quantitative estimate of drug-likeness (QED) is 0.750. The molecule has 0 bridgehead atoms. The molecule has 3 rings (SSSR count). The first-order chi connectivity index (χ1) is 9.69. The van der Waals surface area contributed by atoms with Crippen LogP contribution in [0.1, 0.15) is 30.8 Å². The van der Waals surface area contributed by atoms with Gasteiger partial charge in [-0.3, -0.25) is 0 Å². The van der Waals surface area contributed by atoms with Gasteiger partial charge in [-0.25, -0.2) is 4.79 Å². The summed E-state index contributed by atoms with van der Waals surface area (Å²) in [4.78, 5) is 19.1. The standard InChI is InChI=1S/C14H16N4O2/c1-3-8-5-6-10-12(9(8)4-2)13-16-11(7-19)17-18(13)14(20)15-10/h5-6,19H,3-4,7H2,1-2H3,(H,16,17). The number of hydrogen-bond donors (Lipinski definition) is 2. The predicted molar refractivity (Wildman–Crippen MR) is 75.8 cm³/mol. The first-order valence-electron chi connectivity index (χ1n) is 6.72. The zero-order valence-corrected chi connectivity index (χ0v) is 11.5. The highest BCUT2D eigenvalue weighted by Gasteiger charge is 2.14. The Labute approximate surface area is 115 Å². The Hall–Kier alpha value is -2.21. The van der Waals surface area contributed by atoms with Gasteiger partial charge in [0.25, 0.3) is 0 Å². The van der Waals surface area contributed by atoms with Gasteiger partial charge in [-0.2, -0.15) is 9.50 Å². The van der Waals surface area contributed by atoms with Crippen LogP contribution in [0.4, 0.5) is 0 Å². The van der Waals surface area contributed by atoms with Crippen molar-refractivity contribution in [1.82, 2.24) is 19.6 Å². The summed E-state index contributed by atoms with van der Waals surface area (Å²) < 4.78 is 1.23. The Kier molecular flexibility index (Phi) is 3.02.